The summed E-state index contributed by atoms with van der Waals surface area (Å²) in [7, 11) is -2.32. The third kappa shape index (κ3) is 4.81. The van der Waals surface area contributed by atoms with Gasteiger partial charge in [-0.2, -0.15) is 4.31 Å². The van der Waals surface area contributed by atoms with Crippen molar-refractivity contribution in [3.05, 3.63) is 23.8 Å². The predicted molar refractivity (Wildman–Crippen MR) is 119 cm³/mol. The van der Waals surface area contributed by atoms with E-state index in [1.807, 2.05) is 0 Å². The van der Waals surface area contributed by atoms with Gasteiger partial charge in [0.25, 0.3) is 5.91 Å². The molecule has 0 saturated carbocycles. The van der Waals surface area contributed by atoms with E-state index in [1.165, 1.54) is 17.5 Å². The Hall–Kier alpha value is -1.68. The third-order valence-electron chi connectivity index (χ3n) is 6.72. The molecule has 0 spiro atoms. The van der Waals surface area contributed by atoms with E-state index in [0.29, 0.717) is 56.8 Å². The summed E-state index contributed by atoms with van der Waals surface area (Å²) in [6.07, 6.45) is 2.45. The Morgan fingerprint density at radius 2 is 1.69 bits per heavy atom. The lowest BCUT2D eigenvalue weighted by Gasteiger charge is -2.35. The van der Waals surface area contributed by atoms with Gasteiger partial charge in [0.05, 0.1) is 20.3 Å². The topological polar surface area (TPSA) is 85.4 Å². The molecular weight excluding hydrogens is 432 g/mol. The normalized spacial score (nSPS) is 26.4. The van der Waals surface area contributed by atoms with Crippen LogP contribution in [0.1, 0.15) is 43.5 Å². The Labute approximate surface area is 190 Å². The van der Waals surface area contributed by atoms with Crippen LogP contribution in [0.25, 0.3) is 0 Å². The number of amides is 1. The molecule has 0 radical (unpaired) electrons. The molecule has 1 amide bonds. The minimum absolute atomic E-state index is 0.0646. The highest BCUT2D eigenvalue weighted by atomic mass is 32.2. The lowest BCUT2D eigenvalue weighted by atomic mass is 9.94. The molecule has 3 heterocycles. The van der Waals surface area contributed by atoms with E-state index in [9.17, 15) is 13.2 Å². The summed E-state index contributed by atoms with van der Waals surface area (Å²) in [5.74, 6) is 0.978. The van der Waals surface area contributed by atoms with E-state index in [1.54, 1.807) is 17.0 Å². The fourth-order valence-electron chi connectivity index (χ4n) is 5.16. The summed E-state index contributed by atoms with van der Waals surface area (Å²) in [5.41, 5.74) is 0.370. The van der Waals surface area contributed by atoms with Crippen molar-refractivity contribution in [1.29, 1.82) is 0 Å². The van der Waals surface area contributed by atoms with Crippen LogP contribution in [0.15, 0.2) is 23.1 Å². The summed E-state index contributed by atoms with van der Waals surface area (Å²) in [5, 5.41) is 0. The van der Waals surface area contributed by atoms with Crippen molar-refractivity contribution in [2.75, 3.05) is 46.5 Å². The molecular formula is C23H34N2O6S. The van der Waals surface area contributed by atoms with Gasteiger partial charge in [0, 0.05) is 37.7 Å². The Balaban J connectivity index is 1.52. The van der Waals surface area contributed by atoms with Crippen LogP contribution in [0.3, 0.4) is 0 Å². The van der Waals surface area contributed by atoms with Crippen LogP contribution >= 0.6 is 0 Å². The van der Waals surface area contributed by atoms with Crippen LogP contribution < -0.4 is 4.74 Å². The molecule has 1 aromatic carbocycles. The smallest absolute Gasteiger partial charge is 0.253 e. The van der Waals surface area contributed by atoms with Gasteiger partial charge in [-0.1, -0.05) is 13.8 Å². The van der Waals surface area contributed by atoms with E-state index in [-0.39, 0.29) is 28.8 Å². The molecule has 0 aromatic heterocycles. The summed E-state index contributed by atoms with van der Waals surface area (Å²) in [6.45, 7) is 7.55. The molecule has 178 valence electrons. The number of piperidine rings is 2. The second-order valence-electron chi connectivity index (χ2n) is 9.37. The second-order valence-corrected chi connectivity index (χ2v) is 11.3. The number of benzene rings is 1. The maximum Gasteiger partial charge on any atom is 0.253 e. The van der Waals surface area contributed by atoms with Crippen LogP contribution in [0.2, 0.25) is 0 Å². The fraction of sp³-hybridized carbons (Fsp3) is 0.696. The second kappa shape index (κ2) is 9.67. The van der Waals surface area contributed by atoms with Crippen LogP contribution in [0.4, 0.5) is 0 Å². The van der Waals surface area contributed by atoms with Gasteiger partial charge in [-0.05, 0) is 49.3 Å². The summed E-state index contributed by atoms with van der Waals surface area (Å²) >= 11 is 0. The maximum atomic E-state index is 13.5. The molecule has 1 aromatic rings. The first-order chi connectivity index (χ1) is 15.3. The van der Waals surface area contributed by atoms with Crippen molar-refractivity contribution < 1.29 is 27.4 Å². The van der Waals surface area contributed by atoms with E-state index in [0.717, 1.165) is 19.3 Å². The van der Waals surface area contributed by atoms with Crippen molar-refractivity contribution in [3.8, 4) is 5.75 Å². The van der Waals surface area contributed by atoms with Crippen molar-refractivity contribution in [1.82, 2.24) is 9.21 Å². The van der Waals surface area contributed by atoms with Gasteiger partial charge in [-0.15, -0.1) is 0 Å². The first-order valence-corrected chi connectivity index (χ1v) is 12.9. The molecule has 9 heteroatoms. The highest BCUT2D eigenvalue weighted by Gasteiger charge is 2.35. The summed E-state index contributed by atoms with van der Waals surface area (Å²) in [6, 6.07) is 4.72. The Bertz CT molecular complexity index is 912. The number of sulfonamides is 1. The molecule has 0 N–H and O–H groups in total. The Kier molecular flexibility index (Phi) is 7.09. The fourth-order valence-corrected chi connectivity index (χ4v) is 7.02. The lowest BCUT2D eigenvalue weighted by Crippen LogP contribution is -2.43. The minimum atomic E-state index is -3.77. The summed E-state index contributed by atoms with van der Waals surface area (Å²) < 4.78 is 45.1. The van der Waals surface area contributed by atoms with Crippen molar-refractivity contribution in [2.24, 2.45) is 17.8 Å². The molecule has 4 rings (SSSR count). The van der Waals surface area contributed by atoms with Gasteiger partial charge in [0.2, 0.25) is 10.0 Å². The molecule has 2 unspecified atom stereocenters. The number of likely N-dealkylation sites (tertiary alicyclic amines) is 1. The standard InChI is InChI=1S/C23H34N2O6S/c1-16-12-17(2)15-25(14-16)32(27,28)21-13-19(4-5-20(21)29-3)22(26)24-8-6-18(7-9-24)23-30-10-11-31-23/h4-5,13,16-18,23H,6-12,14-15H2,1-3H3. The zero-order valence-corrected chi connectivity index (χ0v) is 20.0. The van der Waals surface area contributed by atoms with E-state index < -0.39 is 10.0 Å². The zero-order valence-electron chi connectivity index (χ0n) is 19.2. The highest BCUT2D eigenvalue weighted by Crippen LogP contribution is 2.33. The average Bonchev–Trinajstić information content (AvgIpc) is 3.32. The first-order valence-electron chi connectivity index (χ1n) is 11.5. The van der Waals surface area contributed by atoms with E-state index in [2.05, 4.69) is 13.8 Å². The number of hydrogen-bond donors (Lipinski definition) is 0. The monoisotopic (exact) mass is 466 g/mol. The lowest BCUT2D eigenvalue weighted by molar-refractivity contribution is -0.0956. The Morgan fingerprint density at radius 3 is 2.28 bits per heavy atom. The minimum Gasteiger partial charge on any atom is -0.495 e. The zero-order chi connectivity index (χ0) is 22.9. The number of rotatable bonds is 5. The highest BCUT2D eigenvalue weighted by molar-refractivity contribution is 7.89. The Morgan fingerprint density at radius 1 is 1.06 bits per heavy atom. The number of ether oxygens (including phenoxy) is 3. The largest absolute Gasteiger partial charge is 0.495 e. The molecule has 32 heavy (non-hydrogen) atoms. The van der Waals surface area contributed by atoms with Crippen molar-refractivity contribution >= 4 is 15.9 Å². The van der Waals surface area contributed by atoms with Gasteiger partial charge in [0.1, 0.15) is 10.6 Å². The van der Waals surface area contributed by atoms with Crippen molar-refractivity contribution in [3.63, 3.8) is 0 Å². The molecule has 0 bridgehead atoms. The number of carbonyl (C=O) groups excluding carboxylic acids is 1. The molecule has 3 saturated heterocycles. The van der Waals surface area contributed by atoms with E-state index in [4.69, 9.17) is 14.2 Å². The SMILES string of the molecule is COc1ccc(C(=O)N2CCC(C3OCCO3)CC2)cc1S(=O)(=O)N1CC(C)CC(C)C1. The van der Waals surface area contributed by atoms with Crippen LogP contribution in [0, 0.1) is 17.8 Å². The first kappa shape index (κ1) is 23.5. The number of hydrogen-bond acceptors (Lipinski definition) is 6. The quantitative estimate of drug-likeness (QED) is 0.663. The molecule has 3 fully saturated rings. The maximum absolute atomic E-state index is 13.5. The number of carbonyl (C=O) groups is 1. The number of nitrogens with zero attached hydrogens (tertiary/aromatic N) is 2. The van der Waals surface area contributed by atoms with Gasteiger partial charge in [-0.25, -0.2) is 8.42 Å². The van der Waals surface area contributed by atoms with Gasteiger partial charge in [-0.3, -0.25) is 4.79 Å². The van der Waals surface area contributed by atoms with Crippen LogP contribution in [0.5, 0.6) is 5.75 Å². The molecule has 3 aliphatic heterocycles. The van der Waals surface area contributed by atoms with Crippen molar-refractivity contribution in [2.45, 2.75) is 44.3 Å². The summed E-state index contributed by atoms with van der Waals surface area (Å²) in [4.78, 5) is 15.1. The van der Waals surface area contributed by atoms with E-state index >= 15 is 0 Å². The van der Waals surface area contributed by atoms with Gasteiger partial charge < -0.3 is 19.1 Å². The van der Waals surface area contributed by atoms with Gasteiger partial charge in [0.15, 0.2) is 6.29 Å². The molecule has 8 nitrogen and oxygen atoms in total. The average molecular weight is 467 g/mol. The van der Waals surface area contributed by atoms with Crippen LogP contribution in [-0.2, 0) is 19.5 Å². The molecule has 0 aliphatic carbocycles. The van der Waals surface area contributed by atoms with Crippen LogP contribution in [-0.4, -0.2) is 76.3 Å². The predicted octanol–water partition coefficient (Wildman–Crippen LogP) is 2.59. The number of methoxy groups -OCH3 is 1. The molecule has 3 aliphatic rings. The third-order valence-corrected chi connectivity index (χ3v) is 8.58. The molecule has 2 atom stereocenters. The van der Waals surface area contributed by atoms with Gasteiger partial charge >= 0.3 is 0 Å².